The van der Waals surface area contributed by atoms with E-state index in [9.17, 15) is 14.4 Å². The van der Waals surface area contributed by atoms with Crippen LogP contribution < -0.4 is 15.4 Å². The van der Waals surface area contributed by atoms with Gasteiger partial charge >= 0.3 is 6.03 Å². The molecule has 0 saturated carbocycles. The van der Waals surface area contributed by atoms with Crippen molar-refractivity contribution in [3.63, 3.8) is 0 Å². The number of amides is 4. The molecule has 27 heavy (non-hydrogen) atoms. The Hall–Kier alpha value is -3.35. The van der Waals surface area contributed by atoms with Crippen LogP contribution in [0.5, 0.6) is 5.75 Å². The summed E-state index contributed by atoms with van der Waals surface area (Å²) in [4.78, 5) is 38.3. The molecular formula is C20H21N3O4. The second-order valence-corrected chi connectivity index (χ2v) is 6.44. The maximum Gasteiger partial charge on any atom is 0.325 e. The third-order valence-corrected chi connectivity index (χ3v) is 4.56. The highest BCUT2D eigenvalue weighted by molar-refractivity contribution is 6.09. The molecule has 0 radical (unpaired) electrons. The molecular weight excluding hydrogens is 346 g/mol. The highest BCUT2D eigenvalue weighted by Gasteiger charge is 2.49. The van der Waals surface area contributed by atoms with Crippen LogP contribution in [0, 0.1) is 0 Å². The van der Waals surface area contributed by atoms with Crippen molar-refractivity contribution < 1.29 is 19.1 Å². The molecule has 7 heteroatoms. The molecule has 2 aromatic carbocycles. The predicted molar refractivity (Wildman–Crippen MR) is 98.9 cm³/mol. The summed E-state index contributed by atoms with van der Waals surface area (Å²) in [6.07, 6.45) is 0. The van der Waals surface area contributed by atoms with E-state index in [2.05, 4.69) is 10.6 Å². The molecule has 1 atom stereocenters. The lowest BCUT2D eigenvalue weighted by Crippen LogP contribution is -2.43. The van der Waals surface area contributed by atoms with Gasteiger partial charge in [-0.05, 0) is 30.2 Å². The number of rotatable bonds is 6. The minimum Gasteiger partial charge on any atom is -0.497 e. The predicted octanol–water partition coefficient (Wildman–Crippen LogP) is 1.78. The molecule has 2 aromatic rings. The van der Waals surface area contributed by atoms with Gasteiger partial charge in [0.05, 0.1) is 7.11 Å². The van der Waals surface area contributed by atoms with Crippen LogP contribution in [0.1, 0.15) is 18.1 Å². The van der Waals surface area contributed by atoms with Gasteiger partial charge in [-0.15, -0.1) is 0 Å². The van der Waals surface area contributed by atoms with Gasteiger partial charge < -0.3 is 15.4 Å². The van der Waals surface area contributed by atoms with Crippen molar-refractivity contribution in [3.8, 4) is 5.75 Å². The van der Waals surface area contributed by atoms with E-state index in [1.807, 2.05) is 30.3 Å². The molecule has 140 valence electrons. The van der Waals surface area contributed by atoms with Crippen LogP contribution in [0.15, 0.2) is 54.6 Å². The summed E-state index contributed by atoms with van der Waals surface area (Å²) in [5, 5.41) is 5.40. The maximum atomic E-state index is 12.9. The van der Waals surface area contributed by atoms with Gasteiger partial charge in [0.2, 0.25) is 5.91 Å². The van der Waals surface area contributed by atoms with Crippen LogP contribution in [-0.2, 0) is 21.7 Å². The first-order chi connectivity index (χ1) is 12.9. The van der Waals surface area contributed by atoms with Gasteiger partial charge in [0.15, 0.2) is 0 Å². The lowest BCUT2D eigenvalue weighted by atomic mass is 9.92. The Morgan fingerprint density at radius 2 is 1.89 bits per heavy atom. The van der Waals surface area contributed by atoms with E-state index in [4.69, 9.17) is 4.74 Å². The van der Waals surface area contributed by atoms with Crippen molar-refractivity contribution in [2.75, 3.05) is 13.7 Å². The molecule has 0 aromatic heterocycles. The molecule has 7 nitrogen and oxygen atoms in total. The van der Waals surface area contributed by atoms with E-state index in [1.165, 1.54) is 7.11 Å². The second-order valence-electron chi connectivity index (χ2n) is 6.44. The van der Waals surface area contributed by atoms with E-state index in [1.54, 1.807) is 31.2 Å². The van der Waals surface area contributed by atoms with Gasteiger partial charge in [0.25, 0.3) is 5.91 Å². The standard InChI is InChI=1S/C20H21N3O4/c1-20(15-9-6-10-16(11-15)27-2)18(25)23(19(26)22-20)13-17(24)21-12-14-7-4-3-5-8-14/h3-11H,12-13H2,1-2H3,(H,21,24)(H,22,26)/t20-/m1/s1. The van der Waals surface area contributed by atoms with Crippen LogP contribution in [0.4, 0.5) is 4.79 Å². The number of urea groups is 1. The van der Waals surface area contributed by atoms with Crippen molar-refractivity contribution in [2.45, 2.75) is 19.0 Å². The molecule has 1 aliphatic rings. The molecule has 1 fully saturated rings. The number of ether oxygens (including phenoxy) is 1. The summed E-state index contributed by atoms with van der Waals surface area (Å²) >= 11 is 0. The Bertz CT molecular complexity index is 869. The van der Waals surface area contributed by atoms with E-state index in [0.29, 0.717) is 17.9 Å². The number of hydrogen-bond acceptors (Lipinski definition) is 4. The first-order valence-electron chi connectivity index (χ1n) is 8.53. The fourth-order valence-corrected chi connectivity index (χ4v) is 2.97. The fraction of sp³-hybridized carbons (Fsp3) is 0.250. The largest absolute Gasteiger partial charge is 0.497 e. The average Bonchev–Trinajstić information content (AvgIpc) is 2.91. The third kappa shape index (κ3) is 3.76. The topological polar surface area (TPSA) is 87.7 Å². The summed E-state index contributed by atoms with van der Waals surface area (Å²) in [6, 6.07) is 15.7. The fourth-order valence-electron chi connectivity index (χ4n) is 2.97. The van der Waals surface area contributed by atoms with Gasteiger partial charge in [-0.25, -0.2) is 4.79 Å². The van der Waals surface area contributed by atoms with Crippen molar-refractivity contribution in [2.24, 2.45) is 0 Å². The molecule has 2 N–H and O–H groups in total. The SMILES string of the molecule is COc1cccc([C@@]2(C)NC(=O)N(CC(=O)NCc3ccccc3)C2=O)c1. The summed E-state index contributed by atoms with van der Waals surface area (Å²) in [6.45, 7) is 1.61. The first-order valence-corrected chi connectivity index (χ1v) is 8.53. The van der Waals surface area contributed by atoms with Crippen LogP contribution in [0.3, 0.4) is 0 Å². The number of benzene rings is 2. The quantitative estimate of drug-likeness (QED) is 0.762. The molecule has 1 aliphatic heterocycles. The van der Waals surface area contributed by atoms with Gasteiger partial charge in [-0.3, -0.25) is 14.5 Å². The zero-order valence-corrected chi connectivity index (χ0v) is 15.2. The molecule has 3 rings (SSSR count). The molecule has 1 heterocycles. The molecule has 0 aliphatic carbocycles. The Balaban J connectivity index is 1.69. The maximum absolute atomic E-state index is 12.9. The Morgan fingerprint density at radius 3 is 2.59 bits per heavy atom. The number of carbonyl (C=O) groups is 3. The first kappa shape index (κ1) is 18.4. The monoisotopic (exact) mass is 367 g/mol. The van der Waals surface area contributed by atoms with Gasteiger partial charge in [0.1, 0.15) is 17.8 Å². The van der Waals surface area contributed by atoms with E-state index in [-0.39, 0.29) is 6.54 Å². The van der Waals surface area contributed by atoms with E-state index < -0.39 is 23.4 Å². The molecule has 4 amide bonds. The van der Waals surface area contributed by atoms with Crippen LogP contribution in [0.25, 0.3) is 0 Å². The van der Waals surface area contributed by atoms with Crippen molar-refractivity contribution in [3.05, 3.63) is 65.7 Å². The van der Waals surface area contributed by atoms with Crippen LogP contribution in [-0.4, -0.2) is 36.4 Å². The zero-order chi connectivity index (χ0) is 19.4. The summed E-state index contributed by atoms with van der Waals surface area (Å²) in [5.41, 5.74) is 0.280. The number of carbonyl (C=O) groups excluding carboxylic acids is 3. The smallest absolute Gasteiger partial charge is 0.325 e. The molecule has 0 unspecified atom stereocenters. The Labute approximate surface area is 157 Å². The number of nitrogens with zero attached hydrogens (tertiary/aromatic N) is 1. The Morgan fingerprint density at radius 1 is 1.15 bits per heavy atom. The lowest BCUT2D eigenvalue weighted by molar-refractivity contribution is -0.134. The number of hydrogen-bond donors (Lipinski definition) is 2. The normalized spacial score (nSPS) is 19.0. The highest BCUT2D eigenvalue weighted by Crippen LogP contribution is 2.30. The zero-order valence-electron chi connectivity index (χ0n) is 15.2. The Kier molecular flexibility index (Phi) is 5.12. The van der Waals surface area contributed by atoms with Gasteiger partial charge in [-0.2, -0.15) is 0 Å². The van der Waals surface area contributed by atoms with E-state index in [0.717, 1.165) is 10.5 Å². The van der Waals surface area contributed by atoms with Gasteiger partial charge in [0, 0.05) is 6.54 Å². The van der Waals surface area contributed by atoms with E-state index >= 15 is 0 Å². The molecule has 0 bridgehead atoms. The minimum atomic E-state index is -1.24. The summed E-state index contributed by atoms with van der Waals surface area (Å²) < 4.78 is 5.19. The molecule has 1 saturated heterocycles. The molecule has 0 spiro atoms. The minimum absolute atomic E-state index is 0.330. The van der Waals surface area contributed by atoms with Gasteiger partial charge in [-0.1, -0.05) is 42.5 Å². The third-order valence-electron chi connectivity index (χ3n) is 4.56. The number of imide groups is 1. The van der Waals surface area contributed by atoms with Crippen LogP contribution >= 0.6 is 0 Å². The number of methoxy groups -OCH3 is 1. The van der Waals surface area contributed by atoms with Crippen molar-refractivity contribution in [1.82, 2.24) is 15.5 Å². The van der Waals surface area contributed by atoms with Crippen LogP contribution in [0.2, 0.25) is 0 Å². The summed E-state index contributed by atoms with van der Waals surface area (Å²) in [5.74, 6) is -0.303. The number of nitrogens with one attached hydrogen (secondary N) is 2. The average molecular weight is 367 g/mol. The highest BCUT2D eigenvalue weighted by atomic mass is 16.5. The van der Waals surface area contributed by atoms with Crippen molar-refractivity contribution >= 4 is 17.8 Å². The lowest BCUT2D eigenvalue weighted by Gasteiger charge is -2.22. The van der Waals surface area contributed by atoms with Crippen molar-refractivity contribution in [1.29, 1.82) is 0 Å². The second kappa shape index (κ2) is 7.49. The summed E-state index contributed by atoms with van der Waals surface area (Å²) in [7, 11) is 1.53.